The molecule has 0 aromatic carbocycles. The zero-order chi connectivity index (χ0) is 24.6. The van der Waals surface area contributed by atoms with Crippen LogP contribution in [0.25, 0.3) is 0 Å². The van der Waals surface area contributed by atoms with E-state index in [4.69, 9.17) is 9.90 Å². The molecule has 2 atom stereocenters. The van der Waals surface area contributed by atoms with Gasteiger partial charge in [-0.1, -0.05) is 6.07 Å². The summed E-state index contributed by atoms with van der Waals surface area (Å²) in [5.74, 6) is 0.568. The van der Waals surface area contributed by atoms with Gasteiger partial charge in [-0.2, -0.15) is 0 Å². The predicted molar refractivity (Wildman–Crippen MR) is 126 cm³/mol. The molecule has 1 amide bonds. The van der Waals surface area contributed by atoms with Crippen LogP contribution in [0.4, 0.5) is 0 Å². The van der Waals surface area contributed by atoms with Crippen molar-refractivity contribution in [3.8, 4) is 0 Å². The van der Waals surface area contributed by atoms with Crippen molar-refractivity contribution in [2.45, 2.75) is 51.6 Å². The second kappa shape index (κ2) is 9.58. The molecule has 3 aliphatic rings. The van der Waals surface area contributed by atoms with E-state index in [1.165, 1.54) is 0 Å². The van der Waals surface area contributed by atoms with E-state index in [0.29, 0.717) is 38.3 Å². The van der Waals surface area contributed by atoms with Gasteiger partial charge >= 0.3 is 0 Å². The number of rotatable bonds is 3. The first-order valence-electron chi connectivity index (χ1n) is 11.7. The van der Waals surface area contributed by atoms with Crippen molar-refractivity contribution in [1.82, 2.24) is 19.4 Å². The van der Waals surface area contributed by atoms with Gasteiger partial charge in [-0.3, -0.25) is 19.2 Å². The van der Waals surface area contributed by atoms with Gasteiger partial charge in [0.25, 0.3) is 17.9 Å². The highest BCUT2D eigenvalue weighted by molar-refractivity contribution is 6.04. The van der Waals surface area contributed by atoms with E-state index in [9.17, 15) is 14.4 Å². The van der Waals surface area contributed by atoms with Crippen LogP contribution in [-0.4, -0.2) is 69.8 Å². The van der Waals surface area contributed by atoms with E-state index in [0.717, 1.165) is 47.3 Å². The number of nitrogens with zero attached hydrogens (tertiary/aromatic N) is 3. The molecule has 34 heavy (non-hydrogen) atoms. The Morgan fingerprint density at radius 2 is 1.94 bits per heavy atom. The van der Waals surface area contributed by atoms with Crippen molar-refractivity contribution >= 4 is 18.2 Å². The molecule has 9 nitrogen and oxygen atoms in total. The molecule has 1 saturated heterocycles. The predicted octanol–water partition coefficient (Wildman–Crippen LogP) is 2.03. The van der Waals surface area contributed by atoms with Crippen LogP contribution in [0.2, 0.25) is 0 Å². The van der Waals surface area contributed by atoms with Crippen LogP contribution >= 0.6 is 0 Å². The average Bonchev–Trinajstić information content (AvgIpc) is 3.13. The Bertz CT molecular complexity index is 1180. The molecule has 9 heteroatoms. The standard InChI is InChI=1S/C24H30N4O3.CH2O2/c1-14-21-18(5-4-6-20(21)29)25-22(14)24(31)27-10-15-9-17(13-27)19-8-7-16(12-26(2)3)23(30)28(19)11-15;2-1-3/h7-8,15,17,25H,4-6,9-13H2,1-3H3;1H,(H,2,3)/t15-,17+;/m0./s1. The molecule has 1 aliphatic carbocycles. The Hall–Kier alpha value is -3.20. The monoisotopic (exact) mass is 468 g/mol. The lowest BCUT2D eigenvalue weighted by atomic mass is 9.82. The van der Waals surface area contributed by atoms with E-state index in [1.807, 2.05) is 41.5 Å². The van der Waals surface area contributed by atoms with Crippen molar-refractivity contribution in [1.29, 1.82) is 0 Å². The fourth-order valence-corrected chi connectivity index (χ4v) is 5.76. The van der Waals surface area contributed by atoms with Gasteiger partial charge in [0.05, 0.1) is 0 Å². The van der Waals surface area contributed by atoms with Crippen LogP contribution in [0, 0.1) is 12.8 Å². The minimum absolute atomic E-state index is 0.0191. The molecule has 5 rings (SSSR count). The summed E-state index contributed by atoms with van der Waals surface area (Å²) in [4.78, 5) is 54.4. The average molecular weight is 469 g/mol. The highest BCUT2D eigenvalue weighted by atomic mass is 16.3. The summed E-state index contributed by atoms with van der Waals surface area (Å²) < 4.78 is 1.94. The number of H-pyrrole nitrogens is 1. The van der Waals surface area contributed by atoms with Crippen LogP contribution in [0.15, 0.2) is 16.9 Å². The lowest BCUT2D eigenvalue weighted by Gasteiger charge is -2.43. The number of carboxylic acid groups (broad SMARTS) is 1. The molecule has 0 spiro atoms. The highest BCUT2D eigenvalue weighted by Crippen LogP contribution is 2.36. The van der Waals surface area contributed by atoms with E-state index >= 15 is 0 Å². The number of carbonyl (C=O) groups excluding carboxylic acids is 2. The van der Waals surface area contributed by atoms with Gasteiger partial charge in [0.15, 0.2) is 5.78 Å². The number of piperidine rings is 1. The second-order valence-corrected chi connectivity index (χ2v) is 9.81. The van der Waals surface area contributed by atoms with Crippen molar-refractivity contribution in [3.63, 3.8) is 0 Å². The minimum atomic E-state index is -0.250. The van der Waals surface area contributed by atoms with Crippen molar-refractivity contribution in [3.05, 3.63) is 56.3 Å². The number of Topliss-reactive ketones (excluding diaryl/α,β-unsaturated/α-hetero) is 1. The Kier molecular flexibility index (Phi) is 6.74. The molecular formula is C25H32N4O5. The van der Waals surface area contributed by atoms with Crippen LogP contribution in [0.1, 0.15) is 68.5 Å². The quantitative estimate of drug-likeness (QED) is 0.666. The van der Waals surface area contributed by atoms with E-state index in [2.05, 4.69) is 11.1 Å². The van der Waals surface area contributed by atoms with Gasteiger partial charge in [0.1, 0.15) is 5.69 Å². The number of nitrogens with one attached hydrogen (secondary N) is 1. The number of pyridine rings is 1. The maximum atomic E-state index is 13.4. The molecule has 0 unspecified atom stereocenters. The van der Waals surface area contributed by atoms with Crippen molar-refractivity contribution < 1.29 is 19.5 Å². The van der Waals surface area contributed by atoms with Crippen LogP contribution < -0.4 is 5.56 Å². The number of carbonyl (C=O) groups is 3. The Labute approximate surface area is 198 Å². The number of likely N-dealkylation sites (tertiary alicyclic amines) is 1. The third kappa shape index (κ3) is 4.32. The fraction of sp³-hybridized carbons (Fsp3) is 0.520. The number of amides is 1. The van der Waals surface area contributed by atoms with Gasteiger partial charge in [0.2, 0.25) is 0 Å². The van der Waals surface area contributed by atoms with Crippen LogP contribution in [0.3, 0.4) is 0 Å². The van der Waals surface area contributed by atoms with E-state index < -0.39 is 0 Å². The number of aryl methyl sites for hydroxylation is 1. The van der Waals surface area contributed by atoms with Gasteiger partial charge in [-0.05, 0) is 57.8 Å². The van der Waals surface area contributed by atoms with Crippen LogP contribution in [0.5, 0.6) is 0 Å². The first kappa shape index (κ1) is 23.9. The third-order valence-electron chi connectivity index (χ3n) is 7.11. The summed E-state index contributed by atoms with van der Waals surface area (Å²) in [5, 5.41) is 6.89. The Morgan fingerprint density at radius 1 is 1.21 bits per heavy atom. The number of aromatic nitrogens is 2. The SMILES string of the molecule is Cc1c(C(=O)N2C[C@@H]3C[C@H](C2)c2ccc(CN(C)C)c(=O)n2C3)[nH]c2c1C(=O)CCC2.O=CO. The highest BCUT2D eigenvalue weighted by Gasteiger charge is 2.38. The van der Waals surface area contributed by atoms with Crippen molar-refractivity contribution in [2.75, 3.05) is 27.2 Å². The van der Waals surface area contributed by atoms with E-state index in [1.54, 1.807) is 0 Å². The maximum Gasteiger partial charge on any atom is 0.290 e. The molecule has 0 radical (unpaired) electrons. The zero-order valence-corrected chi connectivity index (χ0v) is 20.0. The normalized spacial score (nSPS) is 20.8. The summed E-state index contributed by atoms with van der Waals surface area (Å²) in [5.41, 5.74) is 4.98. The summed E-state index contributed by atoms with van der Waals surface area (Å²) in [6.07, 6.45) is 3.24. The Balaban J connectivity index is 0.000000868. The molecule has 2 N–H and O–H groups in total. The molecule has 2 aliphatic heterocycles. The molecule has 2 aromatic rings. The fourth-order valence-electron chi connectivity index (χ4n) is 5.76. The Morgan fingerprint density at radius 3 is 2.62 bits per heavy atom. The molecule has 0 saturated carbocycles. The molecule has 2 bridgehead atoms. The van der Waals surface area contributed by atoms with Gasteiger partial charge in [-0.15, -0.1) is 0 Å². The van der Waals surface area contributed by atoms with Gasteiger partial charge in [-0.25, -0.2) is 0 Å². The maximum absolute atomic E-state index is 13.4. The number of aromatic amines is 1. The lowest BCUT2D eigenvalue weighted by Crippen LogP contribution is -2.49. The summed E-state index contributed by atoms with van der Waals surface area (Å²) >= 11 is 0. The molecular weight excluding hydrogens is 436 g/mol. The summed E-state index contributed by atoms with van der Waals surface area (Å²) in [7, 11) is 3.94. The zero-order valence-electron chi connectivity index (χ0n) is 20.0. The minimum Gasteiger partial charge on any atom is -0.483 e. The number of hydrogen-bond acceptors (Lipinski definition) is 5. The summed E-state index contributed by atoms with van der Waals surface area (Å²) in [6, 6.07) is 4.02. The number of ketones is 1. The summed E-state index contributed by atoms with van der Waals surface area (Å²) in [6.45, 7) is 4.19. The smallest absolute Gasteiger partial charge is 0.290 e. The van der Waals surface area contributed by atoms with Gasteiger partial charge in [0, 0.05) is 61.0 Å². The number of fused-ring (bicyclic) bond motifs is 5. The molecule has 1 fully saturated rings. The van der Waals surface area contributed by atoms with Gasteiger partial charge < -0.3 is 24.5 Å². The lowest BCUT2D eigenvalue weighted by molar-refractivity contribution is -0.122. The topological polar surface area (TPSA) is 116 Å². The van der Waals surface area contributed by atoms with E-state index in [-0.39, 0.29) is 35.6 Å². The first-order valence-corrected chi connectivity index (χ1v) is 11.7. The molecule has 4 heterocycles. The molecule has 182 valence electrons. The van der Waals surface area contributed by atoms with Crippen LogP contribution in [-0.2, 0) is 24.3 Å². The number of hydrogen-bond donors (Lipinski definition) is 2. The van der Waals surface area contributed by atoms with Crippen molar-refractivity contribution in [2.24, 2.45) is 5.92 Å². The second-order valence-electron chi connectivity index (χ2n) is 9.81. The third-order valence-corrected chi connectivity index (χ3v) is 7.11. The molecule has 2 aromatic heterocycles. The first-order chi connectivity index (χ1) is 16.2. The largest absolute Gasteiger partial charge is 0.483 e.